The lowest BCUT2D eigenvalue weighted by molar-refractivity contribution is -0.385. The lowest BCUT2D eigenvalue weighted by atomic mass is 10.1. The highest BCUT2D eigenvalue weighted by Crippen LogP contribution is 2.28. The molecule has 0 aliphatic carbocycles. The number of benzene rings is 1. The number of hydrogen-bond donors (Lipinski definition) is 1. The van der Waals surface area contributed by atoms with Crippen LogP contribution in [0.4, 0.5) is 5.69 Å². The Morgan fingerprint density at radius 1 is 1.53 bits per heavy atom. The zero-order valence-corrected chi connectivity index (χ0v) is 9.35. The summed E-state index contributed by atoms with van der Waals surface area (Å²) in [4.78, 5) is 24.7. The molecule has 0 fully saturated rings. The molecule has 9 heteroatoms. The van der Waals surface area contributed by atoms with Crippen LogP contribution in [-0.4, -0.2) is 26.1 Å². The Hall–Kier alpha value is -2.97. The van der Waals surface area contributed by atoms with Crippen molar-refractivity contribution in [3.8, 4) is 5.75 Å². The Balaban J connectivity index is 2.31. The van der Waals surface area contributed by atoms with E-state index in [0.717, 1.165) is 12.5 Å². The average molecular weight is 265 g/mol. The third kappa shape index (κ3) is 2.65. The maximum absolute atomic E-state index is 11.1. The van der Waals surface area contributed by atoms with Crippen LogP contribution >= 0.6 is 0 Å². The summed E-state index contributed by atoms with van der Waals surface area (Å²) in [6, 6.07) is 3.73. The van der Waals surface area contributed by atoms with Gasteiger partial charge in [0.05, 0.1) is 4.92 Å². The van der Waals surface area contributed by atoms with Crippen molar-refractivity contribution in [1.82, 2.24) is 10.1 Å². The van der Waals surface area contributed by atoms with Crippen molar-refractivity contribution in [1.29, 1.82) is 0 Å². The summed E-state index contributed by atoms with van der Waals surface area (Å²) >= 11 is 0. The number of aromatic nitrogens is 2. The van der Waals surface area contributed by atoms with Gasteiger partial charge in [-0.05, 0) is 6.07 Å². The molecule has 0 atom stereocenters. The predicted octanol–water partition coefficient (Wildman–Crippen LogP) is 1.25. The largest absolute Gasteiger partial charge is 0.484 e. The maximum atomic E-state index is 11.1. The molecule has 0 aliphatic rings. The lowest BCUT2D eigenvalue weighted by Gasteiger charge is -2.07. The molecule has 0 aliphatic heterocycles. The Labute approximate surface area is 105 Å². The van der Waals surface area contributed by atoms with Crippen molar-refractivity contribution in [3.05, 3.63) is 46.1 Å². The summed E-state index contributed by atoms with van der Waals surface area (Å²) in [5, 5.41) is 23.2. The predicted molar refractivity (Wildman–Crippen MR) is 58.7 cm³/mol. The van der Waals surface area contributed by atoms with Crippen LogP contribution in [0.2, 0.25) is 0 Å². The molecule has 1 aromatic carbocycles. The number of rotatable bonds is 5. The van der Waals surface area contributed by atoms with Crippen LogP contribution in [0.15, 0.2) is 29.1 Å². The van der Waals surface area contributed by atoms with Gasteiger partial charge in [0.1, 0.15) is 5.75 Å². The van der Waals surface area contributed by atoms with Gasteiger partial charge in [0.2, 0.25) is 12.2 Å². The van der Waals surface area contributed by atoms with Crippen molar-refractivity contribution < 1.29 is 24.1 Å². The van der Waals surface area contributed by atoms with Crippen molar-refractivity contribution in [2.75, 3.05) is 0 Å². The lowest BCUT2D eigenvalue weighted by Crippen LogP contribution is -2.07. The van der Waals surface area contributed by atoms with Gasteiger partial charge in [-0.3, -0.25) is 10.1 Å². The fourth-order valence-electron chi connectivity index (χ4n) is 1.41. The topological polar surface area (TPSA) is 129 Å². The van der Waals surface area contributed by atoms with Crippen molar-refractivity contribution in [2.24, 2.45) is 0 Å². The van der Waals surface area contributed by atoms with Crippen molar-refractivity contribution in [2.45, 2.75) is 6.61 Å². The van der Waals surface area contributed by atoms with Gasteiger partial charge in [0.15, 0.2) is 12.2 Å². The average Bonchev–Trinajstić information content (AvgIpc) is 2.88. The second-order valence-corrected chi connectivity index (χ2v) is 3.35. The molecule has 0 saturated carbocycles. The third-order valence-electron chi connectivity index (χ3n) is 2.18. The SMILES string of the molecule is O=C(O)c1c(OCc2ncon2)cccc1[N+](=O)[O-]. The zero-order valence-electron chi connectivity index (χ0n) is 9.35. The minimum absolute atomic E-state index is 0.133. The first-order chi connectivity index (χ1) is 9.09. The fourth-order valence-corrected chi connectivity index (χ4v) is 1.41. The van der Waals surface area contributed by atoms with E-state index in [1.165, 1.54) is 12.1 Å². The minimum atomic E-state index is -1.45. The highest BCUT2D eigenvalue weighted by Gasteiger charge is 2.24. The van der Waals surface area contributed by atoms with Gasteiger partial charge >= 0.3 is 5.97 Å². The van der Waals surface area contributed by atoms with Gasteiger partial charge in [-0.15, -0.1) is 0 Å². The Morgan fingerprint density at radius 3 is 2.89 bits per heavy atom. The molecule has 0 unspecified atom stereocenters. The molecule has 0 amide bonds. The van der Waals surface area contributed by atoms with E-state index in [9.17, 15) is 14.9 Å². The van der Waals surface area contributed by atoms with E-state index in [-0.39, 0.29) is 18.2 Å². The number of hydrogen-bond acceptors (Lipinski definition) is 7. The molecule has 0 saturated heterocycles. The first kappa shape index (κ1) is 12.5. The molecular weight excluding hydrogens is 258 g/mol. The highest BCUT2D eigenvalue weighted by molar-refractivity contribution is 5.95. The third-order valence-corrected chi connectivity index (χ3v) is 2.18. The van der Waals surface area contributed by atoms with Crippen LogP contribution in [0.25, 0.3) is 0 Å². The number of nitro benzene ring substituents is 1. The molecule has 19 heavy (non-hydrogen) atoms. The monoisotopic (exact) mass is 265 g/mol. The zero-order chi connectivity index (χ0) is 13.8. The molecule has 98 valence electrons. The number of carbonyl (C=O) groups is 1. The Bertz CT molecular complexity index is 610. The van der Waals surface area contributed by atoms with Gasteiger partial charge < -0.3 is 14.4 Å². The number of aromatic carboxylic acids is 1. The minimum Gasteiger partial charge on any atom is -0.484 e. The maximum Gasteiger partial charge on any atom is 0.346 e. The van der Waals surface area contributed by atoms with E-state index < -0.39 is 22.1 Å². The van der Waals surface area contributed by atoms with Gasteiger partial charge in [0, 0.05) is 6.07 Å². The van der Waals surface area contributed by atoms with E-state index in [1.54, 1.807) is 0 Å². The van der Waals surface area contributed by atoms with E-state index in [1.807, 2.05) is 0 Å². The molecule has 9 nitrogen and oxygen atoms in total. The highest BCUT2D eigenvalue weighted by atomic mass is 16.6. The molecule has 1 N–H and O–H groups in total. The van der Waals surface area contributed by atoms with Gasteiger partial charge in [-0.25, -0.2) is 4.79 Å². The molecule has 0 bridgehead atoms. The summed E-state index contributed by atoms with van der Waals surface area (Å²) < 4.78 is 9.64. The van der Waals surface area contributed by atoms with Crippen molar-refractivity contribution >= 4 is 11.7 Å². The van der Waals surface area contributed by atoms with Crippen LogP contribution < -0.4 is 4.74 Å². The second-order valence-electron chi connectivity index (χ2n) is 3.35. The molecular formula is C10H7N3O6. The van der Waals surface area contributed by atoms with Crippen LogP contribution in [0.3, 0.4) is 0 Å². The molecule has 0 radical (unpaired) electrons. The smallest absolute Gasteiger partial charge is 0.346 e. The van der Waals surface area contributed by atoms with Gasteiger partial charge in [-0.1, -0.05) is 11.2 Å². The van der Waals surface area contributed by atoms with Crippen molar-refractivity contribution in [3.63, 3.8) is 0 Å². The quantitative estimate of drug-likeness (QED) is 0.631. The summed E-state index contributed by atoms with van der Waals surface area (Å²) in [5.74, 6) is -1.38. The number of carboxylic acids is 1. The Morgan fingerprint density at radius 2 is 2.32 bits per heavy atom. The summed E-state index contributed by atoms with van der Waals surface area (Å²) in [6.45, 7) is -0.155. The van der Waals surface area contributed by atoms with Crippen LogP contribution in [0.5, 0.6) is 5.75 Å². The molecule has 1 aromatic heterocycles. The second kappa shape index (κ2) is 5.12. The molecule has 0 spiro atoms. The van der Waals surface area contributed by atoms with Crippen LogP contribution in [0.1, 0.15) is 16.2 Å². The summed E-state index contributed by atoms with van der Waals surface area (Å²) in [5.41, 5.74) is -1.06. The molecule has 2 rings (SSSR count). The molecule has 2 aromatic rings. The number of nitro groups is 1. The van der Waals surface area contributed by atoms with Crippen LogP contribution in [0, 0.1) is 10.1 Å². The van der Waals surface area contributed by atoms with Crippen LogP contribution in [-0.2, 0) is 6.61 Å². The van der Waals surface area contributed by atoms with E-state index in [2.05, 4.69) is 14.7 Å². The van der Waals surface area contributed by atoms with E-state index >= 15 is 0 Å². The van der Waals surface area contributed by atoms with E-state index in [0.29, 0.717) is 0 Å². The number of carboxylic acid groups (broad SMARTS) is 1. The first-order valence-electron chi connectivity index (χ1n) is 4.98. The van der Waals surface area contributed by atoms with Gasteiger partial charge in [0.25, 0.3) is 5.69 Å². The first-order valence-corrected chi connectivity index (χ1v) is 4.98. The fraction of sp³-hybridized carbons (Fsp3) is 0.100. The Kier molecular flexibility index (Phi) is 3.37. The summed E-state index contributed by atoms with van der Waals surface area (Å²) in [6.07, 6.45) is 1.09. The van der Waals surface area contributed by atoms with E-state index in [4.69, 9.17) is 9.84 Å². The van der Waals surface area contributed by atoms with Gasteiger partial charge in [-0.2, -0.15) is 4.98 Å². The normalized spacial score (nSPS) is 10.1. The number of ether oxygens (including phenoxy) is 1. The standard InChI is InChI=1S/C10H7N3O6/c14-10(15)9-6(13(16)17)2-1-3-7(9)18-4-8-11-5-19-12-8/h1-3,5H,4H2,(H,14,15). The molecule has 1 heterocycles. The number of nitrogens with zero attached hydrogens (tertiary/aromatic N) is 3. The summed E-state index contributed by atoms with van der Waals surface area (Å²) in [7, 11) is 0.